The van der Waals surface area contributed by atoms with Gasteiger partial charge in [-0.15, -0.1) is 0 Å². The van der Waals surface area contributed by atoms with Crippen LogP contribution in [0.2, 0.25) is 0 Å². The number of benzene rings is 2. The summed E-state index contributed by atoms with van der Waals surface area (Å²) >= 11 is 0. The second kappa shape index (κ2) is 10.2. The van der Waals surface area contributed by atoms with Crippen molar-refractivity contribution in [1.29, 1.82) is 0 Å². The van der Waals surface area contributed by atoms with Gasteiger partial charge in [-0.3, -0.25) is 0 Å². The standard InChI is InChI=1S/C30H48NOPS/c1-27(2,3)23-20-18-22(19-21-23)26(31(13)34(32)30(10,11)12)24-16-14-15-17-25(24)33(28(4,5)6)29(7,8)9/h14-21,26H,1-13H3/t26-,34?/m1/s1. The van der Waals surface area contributed by atoms with Gasteiger partial charge in [0.1, 0.15) is 11.0 Å². The smallest absolute Gasteiger partial charge is 0.100 e. The summed E-state index contributed by atoms with van der Waals surface area (Å²) in [4.78, 5) is 0. The molecule has 0 aromatic heterocycles. The van der Waals surface area contributed by atoms with Crippen LogP contribution in [0.1, 0.15) is 106 Å². The maximum absolute atomic E-state index is 13.7. The van der Waals surface area contributed by atoms with Crippen LogP contribution in [0.4, 0.5) is 0 Å². The maximum Gasteiger partial charge on any atom is 0.100 e. The van der Waals surface area contributed by atoms with Crippen LogP contribution in [0, 0.1) is 0 Å². The van der Waals surface area contributed by atoms with Crippen LogP contribution in [-0.2, 0) is 16.4 Å². The van der Waals surface area contributed by atoms with Crippen molar-refractivity contribution in [2.75, 3.05) is 7.05 Å². The number of rotatable bonds is 5. The molecule has 0 N–H and O–H groups in total. The van der Waals surface area contributed by atoms with E-state index in [1.165, 1.54) is 22.0 Å². The van der Waals surface area contributed by atoms with E-state index in [0.717, 1.165) is 0 Å². The Morgan fingerprint density at radius 1 is 0.735 bits per heavy atom. The van der Waals surface area contributed by atoms with Crippen LogP contribution in [0.15, 0.2) is 48.5 Å². The molecular formula is C30H48NOPS. The Balaban J connectivity index is 2.81. The van der Waals surface area contributed by atoms with Gasteiger partial charge >= 0.3 is 0 Å². The van der Waals surface area contributed by atoms with Crippen LogP contribution in [0.5, 0.6) is 0 Å². The van der Waals surface area contributed by atoms with Crippen molar-refractivity contribution in [3.05, 3.63) is 65.2 Å². The minimum Gasteiger partial charge on any atom is -0.242 e. The molecule has 2 atom stereocenters. The van der Waals surface area contributed by atoms with E-state index < -0.39 is 18.9 Å². The third-order valence-electron chi connectivity index (χ3n) is 6.06. The van der Waals surface area contributed by atoms with Gasteiger partial charge in [-0.1, -0.05) is 119 Å². The van der Waals surface area contributed by atoms with Gasteiger partial charge in [-0.2, -0.15) is 0 Å². The normalized spacial score (nSPS) is 15.6. The van der Waals surface area contributed by atoms with E-state index >= 15 is 0 Å². The first-order valence-corrected chi connectivity index (χ1v) is 14.9. The van der Waals surface area contributed by atoms with Crippen LogP contribution >= 0.6 is 7.92 Å². The highest BCUT2D eigenvalue weighted by atomic mass is 32.2. The molecule has 4 heteroatoms. The van der Waals surface area contributed by atoms with E-state index in [-0.39, 0.29) is 26.5 Å². The largest absolute Gasteiger partial charge is 0.242 e. The molecule has 2 aromatic rings. The van der Waals surface area contributed by atoms with Gasteiger partial charge in [0.05, 0.1) is 10.8 Å². The first-order valence-electron chi connectivity index (χ1n) is 12.4. The lowest BCUT2D eigenvalue weighted by Gasteiger charge is -2.44. The molecule has 2 nitrogen and oxygen atoms in total. The molecule has 2 aromatic carbocycles. The highest BCUT2D eigenvalue weighted by Gasteiger charge is 2.39. The molecule has 34 heavy (non-hydrogen) atoms. The predicted octanol–water partition coefficient (Wildman–Crippen LogP) is 8.17. The second-order valence-corrected chi connectivity index (χ2v) is 19.6. The van der Waals surface area contributed by atoms with Crippen LogP contribution < -0.4 is 5.30 Å². The lowest BCUT2D eigenvalue weighted by molar-refractivity contribution is 0.441. The Bertz CT molecular complexity index is 971. The third kappa shape index (κ3) is 6.80. The summed E-state index contributed by atoms with van der Waals surface area (Å²) in [6.07, 6.45) is 0. The quantitative estimate of drug-likeness (QED) is 0.378. The van der Waals surface area contributed by atoms with Crippen LogP contribution in [0.25, 0.3) is 0 Å². The molecule has 1 unspecified atom stereocenters. The van der Waals surface area contributed by atoms with E-state index in [9.17, 15) is 4.21 Å². The molecule has 0 amide bonds. The fourth-order valence-electron chi connectivity index (χ4n) is 4.93. The molecule has 0 aliphatic carbocycles. The molecule has 0 aliphatic heterocycles. The molecule has 0 saturated carbocycles. The molecule has 190 valence electrons. The minimum absolute atomic E-state index is 0.0834. The van der Waals surface area contributed by atoms with Gasteiger partial charge in [0, 0.05) is 7.05 Å². The Morgan fingerprint density at radius 2 is 1.21 bits per heavy atom. The molecule has 0 spiro atoms. The Labute approximate surface area is 214 Å². The van der Waals surface area contributed by atoms with E-state index in [1.807, 2.05) is 7.05 Å². The zero-order valence-corrected chi connectivity index (χ0v) is 25.6. The summed E-state index contributed by atoms with van der Waals surface area (Å²) < 4.78 is 15.4. The number of nitrogens with zero attached hydrogens (tertiary/aromatic N) is 1. The first kappa shape index (κ1) is 29.2. The SMILES string of the molecule is CN([C@H](c1ccc(C(C)(C)C)cc1)c1ccccc1P(C(C)(C)C)C(C)(C)C)S(=O)C(C)(C)C. The molecule has 0 heterocycles. The highest BCUT2D eigenvalue weighted by molar-refractivity contribution is 7.84. The average molecular weight is 502 g/mol. The summed E-state index contributed by atoms with van der Waals surface area (Å²) in [5.41, 5.74) is 3.88. The first-order chi connectivity index (χ1) is 15.3. The molecule has 0 saturated heterocycles. The lowest BCUT2D eigenvalue weighted by Crippen LogP contribution is -2.40. The van der Waals surface area contributed by atoms with Crippen molar-refractivity contribution in [3.63, 3.8) is 0 Å². The van der Waals surface area contributed by atoms with Gasteiger partial charge in [0.2, 0.25) is 0 Å². The Morgan fingerprint density at radius 3 is 1.62 bits per heavy atom. The highest BCUT2D eigenvalue weighted by Crippen LogP contribution is 2.59. The monoisotopic (exact) mass is 501 g/mol. The molecule has 0 radical (unpaired) electrons. The van der Waals surface area contributed by atoms with Crippen molar-refractivity contribution in [1.82, 2.24) is 4.31 Å². The van der Waals surface area contributed by atoms with Gasteiger partial charge in [-0.25, -0.2) is 8.51 Å². The van der Waals surface area contributed by atoms with Gasteiger partial charge in [-0.05, 0) is 58.5 Å². The van der Waals surface area contributed by atoms with Crippen molar-refractivity contribution >= 4 is 24.2 Å². The van der Waals surface area contributed by atoms with Crippen molar-refractivity contribution in [2.45, 2.75) is 110 Å². The molecule has 2 rings (SSSR count). The molecule has 0 aliphatic rings. The van der Waals surface area contributed by atoms with Crippen LogP contribution in [-0.4, -0.2) is 30.6 Å². The predicted molar refractivity (Wildman–Crippen MR) is 155 cm³/mol. The van der Waals surface area contributed by atoms with Gasteiger partial charge in [0.25, 0.3) is 0 Å². The van der Waals surface area contributed by atoms with Gasteiger partial charge < -0.3 is 0 Å². The number of hydrogen-bond acceptors (Lipinski definition) is 1. The van der Waals surface area contributed by atoms with Crippen molar-refractivity contribution in [3.8, 4) is 0 Å². The zero-order chi connectivity index (χ0) is 26.3. The summed E-state index contributed by atoms with van der Waals surface area (Å²) in [6, 6.07) is 17.8. The topological polar surface area (TPSA) is 20.3 Å². The fourth-order valence-corrected chi connectivity index (χ4v) is 10.4. The third-order valence-corrected chi connectivity index (χ3v) is 11.4. The van der Waals surface area contributed by atoms with E-state index in [0.29, 0.717) is 0 Å². The summed E-state index contributed by atoms with van der Waals surface area (Å²) in [5.74, 6) is 0. The van der Waals surface area contributed by atoms with Gasteiger partial charge in [0.15, 0.2) is 0 Å². The zero-order valence-electron chi connectivity index (χ0n) is 23.9. The summed E-state index contributed by atoms with van der Waals surface area (Å²) in [5, 5.41) is 1.71. The Kier molecular flexibility index (Phi) is 8.72. The average Bonchev–Trinajstić information content (AvgIpc) is 2.65. The van der Waals surface area contributed by atoms with E-state index in [2.05, 4.69) is 136 Å². The molecule has 0 bridgehead atoms. The summed E-state index contributed by atoms with van der Waals surface area (Å²) in [7, 11) is 0.362. The number of hydrogen-bond donors (Lipinski definition) is 0. The van der Waals surface area contributed by atoms with Crippen molar-refractivity contribution < 1.29 is 4.21 Å². The second-order valence-electron chi connectivity index (χ2n) is 13.4. The van der Waals surface area contributed by atoms with E-state index in [4.69, 9.17) is 0 Å². The Hall–Kier alpha value is -1.02. The minimum atomic E-state index is -1.16. The van der Waals surface area contributed by atoms with Crippen LogP contribution in [0.3, 0.4) is 0 Å². The van der Waals surface area contributed by atoms with E-state index in [1.54, 1.807) is 0 Å². The van der Waals surface area contributed by atoms with Crippen molar-refractivity contribution in [2.24, 2.45) is 0 Å². The summed E-state index contributed by atoms with van der Waals surface area (Å²) in [6.45, 7) is 27.1. The molecule has 0 fully saturated rings. The molecular weight excluding hydrogens is 453 g/mol. The maximum atomic E-state index is 13.7. The fraction of sp³-hybridized carbons (Fsp3) is 0.600. The lowest BCUT2D eigenvalue weighted by atomic mass is 9.86.